The summed E-state index contributed by atoms with van der Waals surface area (Å²) < 4.78 is 0. The first kappa shape index (κ1) is 10.4. The summed E-state index contributed by atoms with van der Waals surface area (Å²) in [5, 5.41) is 0. The molecule has 82 valence electrons. The summed E-state index contributed by atoms with van der Waals surface area (Å²) in [5.41, 5.74) is 0.369. The van der Waals surface area contributed by atoms with E-state index in [9.17, 15) is 0 Å². The molecular formula is C12H24N2. The molecule has 2 atom stereocenters. The Kier molecular flexibility index (Phi) is 2.39. The molecule has 2 nitrogen and oxygen atoms in total. The van der Waals surface area contributed by atoms with E-state index in [-0.39, 0.29) is 0 Å². The molecule has 0 aromatic heterocycles. The lowest BCUT2D eigenvalue weighted by molar-refractivity contribution is -0.0868. The maximum Gasteiger partial charge on any atom is 0.0170 e. The first-order valence-electron chi connectivity index (χ1n) is 5.81. The highest BCUT2D eigenvalue weighted by Gasteiger charge is 2.49. The van der Waals surface area contributed by atoms with Crippen LogP contribution in [0.1, 0.15) is 27.2 Å². The van der Waals surface area contributed by atoms with Gasteiger partial charge in [0, 0.05) is 24.7 Å². The van der Waals surface area contributed by atoms with Crippen molar-refractivity contribution in [1.82, 2.24) is 9.80 Å². The van der Waals surface area contributed by atoms with Gasteiger partial charge in [-0.3, -0.25) is 4.90 Å². The van der Waals surface area contributed by atoms with Crippen molar-refractivity contribution in [2.75, 3.05) is 27.2 Å². The summed E-state index contributed by atoms with van der Waals surface area (Å²) in [5.74, 6) is 1.87. The SMILES string of the molecule is CN(C)C1C2CC1CN(C(C)(C)C)C2. The number of nitrogens with zero attached hydrogens (tertiary/aromatic N) is 2. The molecule has 3 rings (SSSR count). The van der Waals surface area contributed by atoms with Gasteiger partial charge >= 0.3 is 0 Å². The fraction of sp³-hybridized carbons (Fsp3) is 1.00. The molecule has 0 spiro atoms. The van der Waals surface area contributed by atoms with Crippen molar-refractivity contribution in [3.8, 4) is 0 Å². The maximum absolute atomic E-state index is 2.66. The number of fused-ring (bicyclic) bond motifs is 2. The summed E-state index contributed by atoms with van der Waals surface area (Å²) in [7, 11) is 4.47. The van der Waals surface area contributed by atoms with Gasteiger partial charge in [0.2, 0.25) is 0 Å². The molecule has 1 saturated carbocycles. The van der Waals surface area contributed by atoms with E-state index < -0.39 is 0 Å². The smallest absolute Gasteiger partial charge is 0.0170 e. The second-order valence-corrected chi connectivity index (χ2v) is 6.29. The van der Waals surface area contributed by atoms with E-state index in [2.05, 4.69) is 44.7 Å². The first-order chi connectivity index (χ1) is 6.39. The van der Waals surface area contributed by atoms with E-state index in [4.69, 9.17) is 0 Å². The quantitative estimate of drug-likeness (QED) is 0.629. The molecule has 0 aromatic rings. The van der Waals surface area contributed by atoms with Crippen LogP contribution in [0.4, 0.5) is 0 Å². The van der Waals surface area contributed by atoms with Crippen molar-refractivity contribution in [1.29, 1.82) is 0 Å². The minimum Gasteiger partial charge on any atom is -0.306 e. The fourth-order valence-electron chi connectivity index (χ4n) is 3.25. The van der Waals surface area contributed by atoms with E-state index in [1.165, 1.54) is 19.5 Å². The van der Waals surface area contributed by atoms with E-state index in [1.807, 2.05) is 0 Å². The molecule has 0 aromatic carbocycles. The maximum atomic E-state index is 2.66. The Hall–Kier alpha value is -0.0800. The highest BCUT2D eigenvalue weighted by Crippen LogP contribution is 2.44. The predicted octanol–water partition coefficient (Wildman–Crippen LogP) is 1.67. The third kappa shape index (κ3) is 1.59. The predicted molar refractivity (Wildman–Crippen MR) is 60.4 cm³/mol. The number of hydrogen-bond acceptors (Lipinski definition) is 2. The van der Waals surface area contributed by atoms with Gasteiger partial charge in [0.25, 0.3) is 0 Å². The minimum atomic E-state index is 0.369. The van der Waals surface area contributed by atoms with Crippen LogP contribution in [-0.4, -0.2) is 48.6 Å². The Bertz CT molecular complexity index is 205. The molecule has 2 bridgehead atoms. The Balaban J connectivity index is 1.98. The molecule has 2 heteroatoms. The van der Waals surface area contributed by atoms with Gasteiger partial charge in [-0.15, -0.1) is 0 Å². The summed E-state index contributed by atoms with van der Waals surface area (Å²) in [6.45, 7) is 9.62. The zero-order valence-corrected chi connectivity index (χ0v) is 10.2. The Morgan fingerprint density at radius 3 is 1.93 bits per heavy atom. The van der Waals surface area contributed by atoms with Crippen LogP contribution in [0.5, 0.6) is 0 Å². The average Bonchev–Trinajstić information content (AvgIpc) is 2.01. The Morgan fingerprint density at radius 2 is 1.57 bits per heavy atom. The lowest BCUT2D eigenvalue weighted by Gasteiger charge is -2.58. The van der Waals surface area contributed by atoms with Gasteiger partial charge in [0.05, 0.1) is 0 Å². The van der Waals surface area contributed by atoms with Crippen LogP contribution >= 0.6 is 0 Å². The monoisotopic (exact) mass is 196 g/mol. The molecular weight excluding hydrogens is 172 g/mol. The lowest BCUT2D eigenvalue weighted by Crippen LogP contribution is -2.65. The van der Waals surface area contributed by atoms with Gasteiger partial charge in [-0.2, -0.15) is 0 Å². The third-order valence-corrected chi connectivity index (χ3v) is 4.03. The van der Waals surface area contributed by atoms with E-state index in [0.29, 0.717) is 5.54 Å². The second-order valence-electron chi connectivity index (χ2n) is 6.29. The molecule has 0 N–H and O–H groups in total. The Morgan fingerprint density at radius 1 is 1.07 bits per heavy atom. The van der Waals surface area contributed by atoms with Gasteiger partial charge < -0.3 is 4.90 Å². The molecule has 2 unspecified atom stereocenters. The molecule has 1 aliphatic carbocycles. The zero-order chi connectivity index (χ0) is 10.5. The van der Waals surface area contributed by atoms with Crippen molar-refractivity contribution >= 4 is 0 Å². The van der Waals surface area contributed by atoms with Crippen LogP contribution in [0.2, 0.25) is 0 Å². The first-order valence-corrected chi connectivity index (χ1v) is 5.81. The van der Waals surface area contributed by atoms with Crippen LogP contribution in [0.15, 0.2) is 0 Å². The van der Waals surface area contributed by atoms with Crippen molar-refractivity contribution in [3.05, 3.63) is 0 Å². The topological polar surface area (TPSA) is 6.48 Å². The summed E-state index contributed by atoms with van der Waals surface area (Å²) in [6, 6.07) is 0.869. The zero-order valence-electron chi connectivity index (χ0n) is 10.2. The van der Waals surface area contributed by atoms with Gasteiger partial charge in [-0.1, -0.05) is 0 Å². The van der Waals surface area contributed by atoms with E-state index in [0.717, 1.165) is 17.9 Å². The molecule has 0 radical (unpaired) electrons. The molecule has 2 saturated heterocycles. The number of rotatable bonds is 1. The van der Waals surface area contributed by atoms with Crippen molar-refractivity contribution in [3.63, 3.8) is 0 Å². The molecule has 14 heavy (non-hydrogen) atoms. The van der Waals surface area contributed by atoms with Crippen molar-refractivity contribution < 1.29 is 0 Å². The van der Waals surface area contributed by atoms with Gasteiger partial charge in [0.15, 0.2) is 0 Å². The molecule has 0 amide bonds. The average molecular weight is 196 g/mol. The standard InChI is InChI=1S/C12H24N2/c1-12(2,3)14-7-9-6-10(8-14)11(9)13(4)5/h9-11H,6-8H2,1-5H3. The largest absolute Gasteiger partial charge is 0.306 e. The molecule has 3 fully saturated rings. The van der Waals surface area contributed by atoms with Crippen molar-refractivity contribution in [2.24, 2.45) is 11.8 Å². The van der Waals surface area contributed by atoms with Crippen LogP contribution in [-0.2, 0) is 0 Å². The van der Waals surface area contributed by atoms with Crippen molar-refractivity contribution in [2.45, 2.75) is 38.8 Å². The van der Waals surface area contributed by atoms with Crippen LogP contribution in [0.3, 0.4) is 0 Å². The fourth-order valence-corrected chi connectivity index (χ4v) is 3.25. The Labute approximate surface area is 88.3 Å². The number of piperidine rings is 2. The minimum absolute atomic E-state index is 0.369. The van der Waals surface area contributed by atoms with Gasteiger partial charge in [-0.05, 0) is 53.1 Å². The van der Waals surface area contributed by atoms with Crippen LogP contribution in [0, 0.1) is 11.8 Å². The molecule has 2 heterocycles. The van der Waals surface area contributed by atoms with Crippen LogP contribution < -0.4 is 0 Å². The molecule has 2 aliphatic heterocycles. The summed E-state index contributed by atoms with van der Waals surface area (Å²) >= 11 is 0. The lowest BCUT2D eigenvalue weighted by atomic mass is 9.65. The highest BCUT2D eigenvalue weighted by molar-refractivity contribution is 5.03. The van der Waals surface area contributed by atoms with Gasteiger partial charge in [0.1, 0.15) is 0 Å². The summed E-state index contributed by atoms with van der Waals surface area (Å²) in [6.07, 6.45) is 1.47. The normalized spacial score (nSPS) is 38.6. The van der Waals surface area contributed by atoms with E-state index in [1.54, 1.807) is 0 Å². The number of hydrogen-bond donors (Lipinski definition) is 0. The highest BCUT2D eigenvalue weighted by atomic mass is 15.2. The second kappa shape index (κ2) is 3.21. The molecule has 3 aliphatic rings. The summed E-state index contributed by atoms with van der Waals surface area (Å²) in [4.78, 5) is 5.09. The van der Waals surface area contributed by atoms with E-state index >= 15 is 0 Å². The van der Waals surface area contributed by atoms with Gasteiger partial charge in [-0.25, -0.2) is 0 Å². The van der Waals surface area contributed by atoms with Crippen LogP contribution in [0.25, 0.3) is 0 Å². The third-order valence-electron chi connectivity index (χ3n) is 4.03.